The van der Waals surface area contributed by atoms with E-state index < -0.39 is 5.63 Å². The smallest absolute Gasteiger partial charge is 0.336 e. The summed E-state index contributed by atoms with van der Waals surface area (Å²) in [7, 11) is 0. The van der Waals surface area contributed by atoms with Gasteiger partial charge in [0.15, 0.2) is 0 Å². The average molecular weight is 204 g/mol. The first-order valence-corrected chi connectivity index (χ1v) is 4.53. The molecular formula is C12H9FO2. The van der Waals surface area contributed by atoms with Crippen LogP contribution in [0.25, 0.3) is 11.1 Å². The van der Waals surface area contributed by atoms with Crippen molar-refractivity contribution in [3.05, 3.63) is 58.4 Å². The van der Waals surface area contributed by atoms with E-state index in [9.17, 15) is 9.18 Å². The Morgan fingerprint density at radius 3 is 2.60 bits per heavy atom. The van der Waals surface area contributed by atoms with Crippen molar-refractivity contribution >= 4 is 0 Å². The van der Waals surface area contributed by atoms with Crippen LogP contribution in [-0.2, 0) is 0 Å². The maximum absolute atomic E-state index is 13.4. The van der Waals surface area contributed by atoms with Gasteiger partial charge in [0.2, 0.25) is 0 Å². The van der Waals surface area contributed by atoms with E-state index in [0.29, 0.717) is 16.9 Å². The van der Waals surface area contributed by atoms with Crippen LogP contribution in [-0.4, -0.2) is 0 Å². The molecule has 0 aliphatic heterocycles. The highest BCUT2D eigenvalue weighted by atomic mass is 19.1. The maximum atomic E-state index is 13.4. The third kappa shape index (κ3) is 1.96. The van der Waals surface area contributed by atoms with Crippen LogP contribution in [0.1, 0.15) is 5.76 Å². The molecular weight excluding hydrogens is 195 g/mol. The zero-order valence-corrected chi connectivity index (χ0v) is 8.16. The first-order valence-electron chi connectivity index (χ1n) is 4.53. The Bertz CT molecular complexity index is 543. The molecule has 0 amide bonds. The van der Waals surface area contributed by atoms with Gasteiger partial charge in [-0.25, -0.2) is 9.18 Å². The lowest BCUT2D eigenvalue weighted by molar-refractivity contribution is 0.481. The molecule has 0 saturated heterocycles. The van der Waals surface area contributed by atoms with E-state index >= 15 is 0 Å². The maximum Gasteiger partial charge on any atom is 0.336 e. The van der Waals surface area contributed by atoms with Crippen molar-refractivity contribution in [2.24, 2.45) is 0 Å². The summed E-state index contributed by atoms with van der Waals surface area (Å²) in [5, 5.41) is 0. The third-order valence-corrected chi connectivity index (χ3v) is 2.08. The van der Waals surface area contributed by atoms with Gasteiger partial charge in [0.05, 0.1) is 0 Å². The van der Waals surface area contributed by atoms with Gasteiger partial charge in [0, 0.05) is 11.6 Å². The number of hydrogen-bond acceptors (Lipinski definition) is 2. The summed E-state index contributed by atoms with van der Waals surface area (Å²) in [5.41, 5.74) is 0.489. The van der Waals surface area contributed by atoms with Crippen molar-refractivity contribution in [2.75, 3.05) is 0 Å². The van der Waals surface area contributed by atoms with E-state index in [4.69, 9.17) is 4.42 Å². The van der Waals surface area contributed by atoms with Gasteiger partial charge >= 0.3 is 5.63 Å². The van der Waals surface area contributed by atoms with E-state index in [-0.39, 0.29) is 5.82 Å². The molecule has 76 valence electrons. The van der Waals surface area contributed by atoms with Gasteiger partial charge in [-0.3, -0.25) is 0 Å². The van der Waals surface area contributed by atoms with Crippen LogP contribution in [0, 0.1) is 12.7 Å². The van der Waals surface area contributed by atoms with Crippen LogP contribution in [0.4, 0.5) is 4.39 Å². The molecule has 0 saturated carbocycles. The molecule has 0 atom stereocenters. The first kappa shape index (κ1) is 9.65. The lowest BCUT2D eigenvalue weighted by atomic mass is 10.1. The van der Waals surface area contributed by atoms with Crippen LogP contribution in [0.3, 0.4) is 0 Å². The minimum atomic E-state index is -0.465. The molecule has 0 radical (unpaired) electrons. The van der Waals surface area contributed by atoms with Crippen molar-refractivity contribution < 1.29 is 8.81 Å². The topological polar surface area (TPSA) is 30.2 Å². The number of hydrogen-bond donors (Lipinski definition) is 0. The zero-order valence-electron chi connectivity index (χ0n) is 8.16. The summed E-state index contributed by atoms with van der Waals surface area (Å²) < 4.78 is 18.2. The Morgan fingerprint density at radius 1 is 1.20 bits per heavy atom. The fourth-order valence-corrected chi connectivity index (χ4v) is 1.46. The summed E-state index contributed by atoms with van der Waals surface area (Å²) in [6, 6.07) is 9.24. The summed E-state index contributed by atoms with van der Waals surface area (Å²) in [6.45, 7) is 1.66. The Balaban J connectivity index is 2.64. The second kappa shape index (κ2) is 3.69. The van der Waals surface area contributed by atoms with Crippen molar-refractivity contribution in [3.8, 4) is 11.1 Å². The first-order chi connectivity index (χ1) is 7.16. The molecule has 0 fully saturated rings. The monoisotopic (exact) mass is 204 g/mol. The number of halogens is 1. The normalized spacial score (nSPS) is 10.3. The Hall–Kier alpha value is -1.90. The van der Waals surface area contributed by atoms with Crippen LogP contribution >= 0.6 is 0 Å². The molecule has 0 unspecified atom stereocenters. The van der Waals surface area contributed by atoms with Crippen molar-refractivity contribution in [3.63, 3.8) is 0 Å². The molecule has 0 spiro atoms. The highest BCUT2D eigenvalue weighted by molar-refractivity contribution is 5.63. The second-order valence-electron chi connectivity index (χ2n) is 3.26. The van der Waals surface area contributed by atoms with Crippen molar-refractivity contribution in [1.29, 1.82) is 0 Å². The van der Waals surface area contributed by atoms with Crippen LogP contribution in [0.15, 0.2) is 45.6 Å². The standard InChI is InChI=1S/C12H9FO2/c1-8-6-9(7-12(14)15-8)10-4-2-3-5-11(10)13/h2-7H,1H3. The molecule has 0 N–H and O–H groups in total. The van der Waals surface area contributed by atoms with Crippen molar-refractivity contribution in [2.45, 2.75) is 6.92 Å². The number of benzene rings is 1. The van der Waals surface area contributed by atoms with Crippen LogP contribution in [0.2, 0.25) is 0 Å². The quantitative estimate of drug-likeness (QED) is 0.714. The predicted molar refractivity (Wildman–Crippen MR) is 55.1 cm³/mol. The summed E-state index contributed by atoms with van der Waals surface area (Å²) in [5.74, 6) is 0.128. The minimum Gasteiger partial charge on any atom is -0.428 e. The number of aryl methyl sites for hydroxylation is 1. The second-order valence-corrected chi connectivity index (χ2v) is 3.26. The SMILES string of the molecule is Cc1cc(-c2ccccc2F)cc(=O)o1. The molecule has 1 aromatic carbocycles. The molecule has 0 aliphatic rings. The molecule has 3 heteroatoms. The highest BCUT2D eigenvalue weighted by Gasteiger charge is 2.05. The van der Waals surface area contributed by atoms with Gasteiger partial charge < -0.3 is 4.42 Å². The summed E-state index contributed by atoms with van der Waals surface area (Å²) in [6.07, 6.45) is 0. The molecule has 1 aromatic heterocycles. The molecule has 2 rings (SSSR count). The van der Waals surface area contributed by atoms with Gasteiger partial charge in [-0.05, 0) is 24.6 Å². The fraction of sp³-hybridized carbons (Fsp3) is 0.0833. The van der Waals surface area contributed by atoms with Gasteiger partial charge in [-0.2, -0.15) is 0 Å². The van der Waals surface area contributed by atoms with Crippen molar-refractivity contribution in [1.82, 2.24) is 0 Å². The highest BCUT2D eigenvalue weighted by Crippen LogP contribution is 2.21. The average Bonchev–Trinajstić information content (AvgIpc) is 2.16. The van der Waals surface area contributed by atoms with Gasteiger partial charge in [0.25, 0.3) is 0 Å². The Kier molecular flexibility index (Phi) is 2.37. The molecule has 2 nitrogen and oxygen atoms in total. The van der Waals surface area contributed by atoms with E-state index in [1.807, 2.05) is 0 Å². The lowest BCUT2D eigenvalue weighted by Gasteiger charge is -2.02. The van der Waals surface area contributed by atoms with Gasteiger partial charge in [-0.1, -0.05) is 18.2 Å². The van der Waals surface area contributed by atoms with Gasteiger partial charge in [0.1, 0.15) is 11.6 Å². The van der Waals surface area contributed by atoms with Crippen LogP contribution in [0.5, 0.6) is 0 Å². The largest absolute Gasteiger partial charge is 0.428 e. The van der Waals surface area contributed by atoms with Gasteiger partial charge in [-0.15, -0.1) is 0 Å². The molecule has 0 bridgehead atoms. The van der Waals surface area contributed by atoms with E-state index in [1.165, 1.54) is 12.1 Å². The molecule has 0 aliphatic carbocycles. The minimum absolute atomic E-state index is 0.345. The Labute approximate surface area is 86.0 Å². The summed E-state index contributed by atoms with van der Waals surface area (Å²) in [4.78, 5) is 11.1. The zero-order chi connectivity index (χ0) is 10.8. The molecule has 15 heavy (non-hydrogen) atoms. The molecule has 1 heterocycles. The van der Waals surface area contributed by atoms with E-state index in [1.54, 1.807) is 31.2 Å². The Morgan fingerprint density at radius 2 is 1.93 bits per heavy atom. The molecule has 2 aromatic rings. The fourth-order valence-electron chi connectivity index (χ4n) is 1.46. The summed E-state index contributed by atoms with van der Waals surface area (Å²) >= 11 is 0. The van der Waals surface area contributed by atoms with Crippen LogP contribution < -0.4 is 5.63 Å². The van der Waals surface area contributed by atoms with E-state index in [0.717, 1.165) is 0 Å². The van der Waals surface area contributed by atoms with E-state index in [2.05, 4.69) is 0 Å². The lowest BCUT2D eigenvalue weighted by Crippen LogP contribution is -1.98. The number of rotatable bonds is 1. The third-order valence-electron chi connectivity index (χ3n) is 2.08. The predicted octanol–water partition coefficient (Wildman–Crippen LogP) is 2.75.